The lowest BCUT2D eigenvalue weighted by Crippen LogP contribution is -1.85. The monoisotopic (exact) mass is 235 g/mol. The van der Waals surface area contributed by atoms with Crippen molar-refractivity contribution < 1.29 is 4.42 Å². The van der Waals surface area contributed by atoms with Gasteiger partial charge in [0, 0.05) is 5.56 Å². The summed E-state index contributed by atoms with van der Waals surface area (Å²) in [5, 5.41) is 8.74. The number of hydrogen-bond donors (Lipinski definition) is 1. The summed E-state index contributed by atoms with van der Waals surface area (Å²) >= 11 is 0. The van der Waals surface area contributed by atoms with Gasteiger partial charge in [0.1, 0.15) is 5.52 Å². The van der Waals surface area contributed by atoms with Crippen LogP contribution >= 0.6 is 0 Å². The lowest BCUT2D eigenvalue weighted by atomic mass is 10.1. The highest BCUT2D eigenvalue weighted by atomic mass is 16.3. The maximum atomic E-state index is 8.74. The quantitative estimate of drug-likeness (QED) is 0.658. The van der Waals surface area contributed by atoms with Crippen LogP contribution in [0.25, 0.3) is 22.6 Å². The predicted octanol–water partition coefficient (Wildman–Crippen LogP) is 2.95. The van der Waals surface area contributed by atoms with E-state index in [2.05, 4.69) is 11.1 Å². The van der Waals surface area contributed by atoms with Crippen LogP contribution in [0, 0.1) is 11.3 Å². The van der Waals surface area contributed by atoms with Crippen molar-refractivity contribution >= 4 is 16.8 Å². The molecule has 0 saturated heterocycles. The highest BCUT2D eigenvalue weighted by molar-refractivity contribution is 5.87. The summed E-state index contributed by atoms with van der Waals surface area (Å²) in [7, 11) is 0. The Morgan fingerprint density at radius 3 is 2.56 bits per heavy atom. The molecule has 86 valence electrons. The lowest BCUT2D eigenvalue weighted by Gasteiger charge is -1.93. The first-order valence-corrected chi connectivity index (χ1v) is 5.43. The number of para-hydroxylation sites is 1. The molecule has 4 heteroatoms. The summed E-state index contributed by atoms with van der Waals surface area (Å²) in [4.78, 5) is 4.36. The molecule has 4 nitrogen and oxygen atoms in total. The second-order valence-corrected chi connectivity index (χ2v) is 3.90. The number of aromatic nitrogens is 1. The summed E-state index contributed by atoms with van der Waals surface area (Å²) < 4.78 is 5.63. The Morgan fingerprint density at radius 1 is 1.11 bits per heavy atom. The largest absolute Gasteiger partial charge is 0.436 e. The van der Waals surface area contributed by atoms with E-state index in [0.717, 1.165) is 5.56 Å². The van der Waals surface area contributed by atoms with E-state index in [1.807, 2.05) is 12.1 Å². The number of rotatable bonds is 1. The molecule has 0 aliphatic rings. The van der Waals surface area contributed by atoms with E-state index in [1.165, 1.54) is 0 Å². The Kier molecular flexibility index (Phi) is 2.24. The topological polar surface area (TPSA) is 75.8 Å². The van der Waals surface area contributed by atoms with Crippen LogP contribution in [0.5, 0.6) is 0 Å². The summed E-state index contributed by atoms with van der Waals surface area (Å²) in [6.45, 7) is 0. The fourth-order valence-electron chi connectivity index (χ4n) is 1.78. The fourth-order valence-corrected chi connectivity index (χ4v) is 1.78. The molecule has 2 aromatic carbocycles. The van der Waals surface area contributed by atoms with Gasteiger partial charge in [-0.2, -0.15) is 5.26 Å². The molecular formula is C14H9N3O. The van der Waals surface area contributed by atoms with Gasteiger partial charge in [-0.15, -0.1) is 0 Å². The Labute approximate surface area is 103 Å². The third kappa shape index (κ3) is 1.59. The molecule has 3 aromatic rings. The van der Waals surface area contributed by atoms with Crippen molar-refractivity contribution in [3.05, 3.63) is 48.0 Å². The molecule has 0 aliphatic heterocycles. The average Bonchev–Trinajstić information content (AvgIpc) is 2.84. The second-order valence-electron chi connectivity index (χ2n) is 3.90. The van der Waals surface area contributed by atoms with Crippen molar-refractivity contribution in [1.29, 1.82) is 5.26 Å². The number of nitrogens with two attached hydrogens (primary N) is 1. The number of fused-ring (bicyclic) bond motifs is 1. The number of nitrogen functional groups attached to an aromatic ring is 1. The summed E-state index contributed by atoms with van der Waals surface area (Å²) in [6.07, 6.45) is 0. The van der Waals surface area contributed by atoms with E-state index >= 15 is 0 Å². The minimum Gasteiger partial charge on any atom is -0.436 e. The van der Waals surface area contributed by atoms with Gasteiger partial charge in [0.05, 0.1) is 17.3 Å². The summed E-state index contributed by atoms with van der Waals surface area (Å²) in [6, 6.07) is 14.6. The molecule has 0 saturated carbocycles. The van der Waals surface area contributed by atoms with Crippen LogP contribution < -0.4 is 5.73 Å². The van der Waals surface area contributed by atoms with Crippen molar-refractivity contribution in [3.63, 3.8) is 0 Å². The minimum absolute atomic E-state index is 0.507. The highest BCUT2D eigenvalue weighted by Gasteiger charge is 2.09. The zero-order chi connectivity index (χ0) is 12.5. The third-order valence-electron chi connectivity index (χ3n) is 2.71. The van der Waals surface area contributed by atoms with Crippen LogP contribution in [0.15, 0.2) is 46.9 Å². The van der Waals surface area contributed by atoms with Gasteiger partial charge in [0.2, 0.25) is 5.89 Å². The van der Waals surface area contributed by atoms with Crippen molar-refractivity contribution in [2.24, 2.45) is 0 Å². The molecule has 0 bridgehead atoms. The number of nitriles is 1. The molecule has 0 aliphatic carbocycles. The van der Waals surface area contributed by atoms with Crippen LogP contribution in [-0.2, 0) is 0 Å². The maximum absolute atomic E-state index is 8.74. The van der Waals surface area contributed by atoms with Gasteiger partial charge in [-0.05, 0) is 36.4 Å². The molecule has 18 heavy (non-hydrogen) atoms. The van der Waals surface area contributed by atoms with Gasteiger partial charge >= 0.3 is 0 Å². The molecule has 0 atom stereocenters. The van der Waals surface area contributed by atoms with Gasteiger partial charge in [-0.1, -0.05) is 6.07 Å². The van der Waals surface area contributed by atoms with E-state index in [9.17, 15) is 0 Å². The molecule has 0 spiro atoms. The molecule has 0 unspecified atom stereocenters. The van der Waals surface area contributed by atoms with Crippen molar-refractivity contribution in [2.75, 3.05) is 5.73 Å². The van der Waals surface area contributed by atoms with Gasteiger partial charge in [0.25, 0.3) is 0 Å². The van der Waals surface area contributed by atoms with E-state index in [1.54, 1.807) is 30.3 Å². The Hall–Kier alpha value is -2.80. The summed E-state index contributed by atoms with van der Waals surface area (Å²) in [5.41, 5.74) is 9.18. The van der Waals surface area contributed by atoms with Crippen LogP contribution in [-0.4, -0.2) is 4.98 Å². The maximum Gasteiger partial charge on any atom is 0.227 e. The SMILES string of the molecule is N#Cc1ccc(-c2nc3c(N)cccc3o2)cc1. The molecule has 1 aromatic heterocycles. The third-order valence-corrected chi connectivity index (χ3v) is 2.71. The lowest BCUT2D eigenvalue weighted by molar-refractivity contribution is 0.620. The Bertz CT molecular complexity index is 751. The number of nitrogens with zero attached hydrogens (tertiary/aromatic N) is 2. The van der Waals surface area contributed by atoms with Crippen molar-refractivity contribution in [3.8, 4) is 17.5 Å². The van der Waals surface area contributed by atoms with Gasteiger partial charge in [-0.3, -0.25) is 0 Å². The zero-order valence-corrected chi connectivity index (χ0v) is 9.42. The second kappa shape index (κ2) is 3.90. The number of oxazole rings is 1. The first-order chi connectivity index (χ1) is 8.78. The standard InChI is InChI=1S/C14H9N3O/c15-8-9-4-6-10(7-5-9)14-17-13-11(16)2-1-3-12(13)18-14/h1-7H,16H2. The molecule has 2 N–H and O–H groups in total. The predicted molar refractivity (Wildman–Crippen MR) is 68.6 cm³/mol. The summed E-state index contributed by atoms with van der Waals surface area (Å²) in [5.74, 6) is 0.507. The van der Waals surface area contributed by atoms with Crippen molar-refractivity contribution in [1.82, 2.24) is 4.98 Å². The molecule has 3 rings (SSSR count). The smallest absolute Gasteiger partial charge is 0.227 e. The molecule has 1 heterocycles. The molecular weight excluding hydrogens is 226 g/mol. The van der Waals surface area contributed by atoms with Gasteiger partial charge in [0.15, 0.2) is 5.58 Å². The van der Waals surface area contributed by atoms with Gasteiger partial charge < -0.3 is 10.2 Å². The normalized spacial score (nSPS) is 10.4. The van der Waals surface area contributed by atoms with E-state index < -0.39 is 0 Å². The van der Waals surface area contributed by atoms with E-state index in [4.69, 9.17) is 15.4 Å². The van der Waals surface area contributed by atoms with Crippen LogP contribution in [0.1, 0.15) is 5.56 Å². The number of hydrogen-bond acceptors (Lipinski definition) is 4. The first-order valence-electron chi connectivity index (χ1n) is 5.43. The Balaban J connectivity index is 2.14. The molecule has 0 fully saturated rings. The molecule has 0 amide bonds. The van der Waals surface area contributed by atoms with E-state index in [-0.39, 0.29) is 0 Å². The van der Waals surface area contributed by atoms with Gasteiger partial charge in [-0.25, -0.2) is 4.98 Å². The zero-order valence-electron chi connectivity index (χ0n) is 9.42. The number of anilines is 1. The van der Waals surface area contributed by atoms with Crippen LogP contribution in [0.2, 0.25) is 0 Å². The van der Waals surface area contributed by atoms with Crippen LogP contribution in [0.3, 0.4) is 0 Å². The first kappa shape index (κ1) is 10.4. The van der Waals surface area contributed by atoms with E-state index in [0.29, 0.717) is 28.2 Å². The van der Waals surface area contributed by atoms with Crippen molar-refractivity contribution in [2.45, 2.75) is 0 Å². The highest BCUT2D eigenvalue weighted by Crippen LogP contribution is 2.27. The number of benzene rings is 2. The average molecular weight is 235 g/mol. The fraction of sp³-hybridized carbons (Fsp3) is 0. The Morgan fingerprint density at radius 2 is 1.89 bits per heavy atom. The molecule has 0 radical (unpaired) electrons. The van der Waals surface area contributed by atoms with Crippen LogP contribution in [0.4, 0.5) is 5.69 Å². The minimum atomic E-state index is 0.507.